The van der Waals surface area contributed by atoms with Crippen molar-refractivity contribution in [2.24, 2.45) is 5.92 Å². The predicted molar refractivity (Wildman–Crippen MR) is 124 cm³/mol. The van der Waals surface area contributed by atoms with E-state index < -0.39 is 22.5 Å². The Hall–Kier alpha value is -3.20. The standard InChI is InChI=1S/C25H23F3N2O3S/c1-34(32)22-8-6-21(7-9-22)33-23-10-4-19(14-17(23)12-16-2-5-20(31)13-16)30-24-11-3-18(15-29-24)25(26,27)28/h3-4,6-11,14-16H,2,5,12-13H2,1H3,(H,29,30). The highest BCUT2D eigenvalue weighted by Crippen LogP contribution is 2.35. The smallest absolute Gasteiger partial charge is 0.417 e. The molecule has 0 bridgehead atoms. The number of halogens is 3. The van der Waals surface area contributed by atoms with E-state index in [1.165, 1.54) is 6.07 Å². The first kappa shape index (κ1) is 23.9. The molecule has 0 spiro atoms. The SMILES string of the molecule is CS(=O)c1ccc(Oc2ccc(Nc3ccc(C(F)(F)F)cn3)cc2CC2CCC(=O)C2)cc1. The van der Waals surface area contributed by atoms with Crippen LogP contribution in [0.1, 0.15) is 30.4 Å². The third-order valence-corrected chi connectivity index (χ3v) is 6.60. The number of alkyl halides is 3. The number of benzene rings is 2. The van der Waals surface area contributed by atoms with Gasteiger partial charge in [-0.15, -0.1) is 0 Å². The van der Waals surface area contributed by atoms with Crippen LogP contribution in [0.2, 0.25) is 0 Å². The summed E-state index contributed by atoms with van der Waals surface area (Å²) in [7, 11) is -1.09. The largest absolute Gasteiger partial charge is 0.457 e. The summed E-state index contributed by atoms with van der Waals surface area (Å²) in [6, 6.07) is 14.6. The number of anilines is 2. The molecule has 2 aromatic carbocycles. The van der Waals surface area contributed by atoms with Crippen molar-refractivity contribution >= 4 is 28.1 Å². The zero-order valence-electron chi connectivity index (χ0n) is 18.4. The number of ketones is 1. The highest BCUT2D eigenvalue weighted by atomic mass is 32.2. The number of hydrogen-bond donors (Lipinski definition) is 1. The van der Waals surface area contributed by atoms with Gasteiger partial charge in [-0.1, -0.05) is 0 Å². The van der Waals surface area contributed by atoms with E-state index in [1.54, 1.807) is 42.7 Å². The van der Waals surface area contributed by atoms with Crippen LogP contribution in [0.3, 0.4) is 0 Å². The average molecular weight is 489 g/mol. The van der Waals surface area contributed by atoms with Crippen molar-refractivity contribution in [3.8, 4) is 11.5 Å². The van der Waals surface area contributed by atoms with Crippen LogP contribution in [-0.2, 0) is 28.2 Å². The van der Waals surface area contributed by atoms with E-state index in [0.29, 0.717) is 41.3 Å². The molecule has 0 amide bonds. The molecule has 1 aromatic heterocycles. The average Bonchev–Trinajstić information content (AvgIpc) is 3.20. The predicted octanol–water partition coefficient (Wildman–Crippen LogP) is 6.29. The molecule has 2 atom stereocenters. The van der Waals surface area contributed by atoms with Gasteiger partial charge in [-0.2, -0.15) is 13.2 Å². The van der Waals surface area contributed by atoms with Gasteiger partial charge in [-0.05, 0) is 78.9 Å². The van der Waals surface area contributed by atoms with Crippen molar-refractivity contribution < 1.29 is 26.9 Å². The van der Waals surface area contributed by atoms with Gasteiger partial charge in [0.2, 0.25) is 0 Å². The number of nitrogens with one attached hydrogen (secondary N) is 1. The third kappa shape index (κ3) is 6.02. The van der Waals surface area contributed by atoms with E-state index in [1.807, 2.05) is 6.07 Å². The Morgan fingerprint density at radius 2 is 1.88 bits per heavy atom. The van der Waals surface area contributed by atoms with Gasteiger partial charge >= 0.3 is 6.18 Å². The molecule has 1 aliphatic rings. The zero-order chi connectivity index (χ0) is 24.3. The molecule has 178 valence electrons. The van der Waals surface area contributed by atoms with Crippen LogP contribution < -0.4 is 10.1 Å². The maximum atomic E-state index is 12.8. The zero-order valence-corrected chi connectivity index (χ0v) is 19.2. The summed E-state index contributed by atoms with van der Waals surface area (Å²) >= 11 is 0. The number of carbonyl (C=O) groups is 1. The summed E-state index contributed by atoms with van der Waals surface area (Å²) in [6.07, 6.45) is 0.493. The number of pyridine rings is 1. The highest BCUT2D eigenvalue weighted by Gasteiger charge is 2.30. The van der Waals surface area contributed by atoms with Crippen LogP contribution in [0.5, 0.6) is 11.5 Å². The fraction of sp³-hybridized carbons (Fsp3) is 0.280. The van der Waals surface area contributed by atoms with E-state index in [4.69, 9.17) is 4.74 Å². The molecule has 1 heterocycles. The van der Waals surface area contributed by atoms with Gasteiger partial charge in [0.05, 0.1) is 5.56 Å². The van der Waals surface area contributed by atoms with Gasteiger partial charge in [-0.3, -0.25) is 9.00 Å². The third-order valence-electron chi connectivity index (χ3n) is 5.66. The minimum absolute atomic E-state index is 0.208. The Morgan fingerprint density at radius 1 is 1.12 bits per heavy atom. The lowest BCUT2D eigenvalue weighted by Gasteiger charge is -2.16. The van der Waals surface area contributed by atoms with E-state index in [2.05, 4.69) is 10.3 Å². The number of hydrogen-bond acceptors (Lipinski definition) is 5. The quantitative estimate of drug-likeness (QED) is 0.424. The molecule has 0 saturated heterocycles. The van der Waals surface area contributed by atoms with Crippen molar-refractivity contribution in [1.29, 1.82) is 0 Å². The van der Waals surface area contributed by atoms with Crippen LogP contribution in [0.25, 0.3) is 0 Å². The monoisotopic (exact) mass is 488 g/mol. The minimum atomic E-state index is -4.44. The molecule has 34 heavy (non-hydrogen) atoms. The van der Waals surface area contributed by atoms with E-state index in [0.717, 1.165) is 24.2 Å². The summed E-state index contributed by atoms with van der Waals surface area (Å²) in [6.45, 7) is 0. The molecule has 3 aromatic rings. The van der Waals surface area contributed by atoms with E-state index in [9.17, 15) is 22.2 Å². The van der Waals surface area contributed by atoms with Crippen molar-refractivity contribution in [1.82, 2.24) is 4.98 Å². The lowest BCUT2D eigenvalue weighted by Crippen LogP contribution is -2.06. The van der Waals surface area contributed by atoms with E-state index in [-0.39, 0.29) is 17.5 Å². The van der Waals surface area contributed by atoms with Crippen LogP contribution >= 0.6 is 0 Å². The summed E-state index contributed by atoms with van der Waals surface area (Å²) in [4.78, 5) is 16.3. The number of rotatable bonds is 7. The number of carbonyl (C=O) groups excluding carboxylic acids is 1. The Bertz CT molecular complexity index is 1200. The number of Topliss-reactive ketones (excluding diaryl/α,β-unsaturated/α-hetero) is 1. The molecule has 1 saturated carbocycles. The first-order valence-electron chi connectivity index (χ1n) is 10.7. The molecule has 1 N–H and O–H groups in total. The second-order valence-corrected chi connectivity index (χ2v) is 9.64. The summed E-state index contributed by atoms with van der Waals surface area (Å²) in [5.41, 5.74) is 0.710. The molecule has 2 unspecified atom stereocenters. The summed E-state index contributed by atoms with van der Waals surface area (Å²) in [5.74, 6) is 1.95. The maximum Gasteiger partial charge on any atom is 0.417 e. The van der Waals surface area contributed by atoms with Gasteiger partial charge in [0.1, 0.15) is 23.1 Å². The minimum Gasteiger partial charge on any atom is -0.457 e. The molecular formula is C25H23F3N2O3S. The lowest BCUT2D eigenvalue weighted by molar-refractivity contribution is -0.137. The molecule has 1 aliphatic carbocycles. The molecular weight excluding hydrogens is 465 g/mol. The number of aromatic nitrogens is 1. The molecule has 1 fully saturated rings. The van der Waals surface area contributed by atoms with Crippen molar-refractivity contribution in [2.75, 3.05) is 11.6 Å². The maximum absolute atomic E-state index is 12.8. The number of ether oxygens (including phenoxy) is 1. The second kappa shape index (κ2) is 9.97. The molecule has 9 heteroatoms. The number of nitrogens with zero attached hydrogens (tertiary/aromatic N) is 1. The van der Waals surface area contributed by atoms with Crippen LogP contribution in [0.4, 0.5) is 24.7 Å². The summed E-state index contributed by atoms with van der Waals surface area (Å²) < 4.78 is 56.1. The van der Waals surface area contributed by atoms with Gasteiger partial charge in [0, 0.05) is 46.7 Å². The Kier molecular flexibility index (Phi) is 7.02. The lowest BCUT2D eigenvalue weighted by atomic mass is 9.97. The van der Waals surface area contributed by atoms with Crippen molar-refractivity contribution in [3.05, 3.63) is 71.9 Å². The van der Waals surface area contributed by atoms with Gasteiger partial charge in [0.25, 0.3) is 0 Å². The first-order valence-corrected chi connectivity index (χ1v) is 12.3. The molecule has 0 radical (unpaired) electrons. The van der Waals surface area contributed by atoms with Gasteiger partial charge in [-0.25, -0.2) is 4.98 Å². The molecule has 4 rings (SSSR count). The highest BCUT2D eigenvalue weighted by molar-refractivity contribution is 7.84. The van der Waals surface area contributed by atoms with Crippen LogP contribution in [0.15, 0.2) is 65.7 Å². The molecule has 5 nitrogen and oxygen atoms in total. The first-order chi connectivity index (χ1) is 16.2. The van der Waals surface area contributed by atoms with Crippen molar-refractivity contribution in [2.45, 2.75) is 36.8 Å². The van der Waals surface area contributed by atoms with Crippen LogP contribution in [0, 0.1) is 5.92 Å². The topological polar surface area (TPSA) is 68.3 Å². The van der Waals surface area contributed by atoms with Crippen LogP contribution in [-0.4, -0.2) is 21.2 Å². The van der Waals surface area contributed by atoms with Gasteiger partial charge < -0.3 is 10.1 Å². The fourth-order valence-electron chi connectivity index (χ4n) is 3.90. The van der Waals surface area contributed by atoms with E-state index >= 15 is 0 Å². The Morgan fingerprint density at radius 3 is 2.47 bits per heavy atom. The fourth-order valence-corrected chi connectivity index (χ4v) is 4.42. The Balaban J connectivity index is 1.57. The second-order valence-electron chi connectivity index (χ2n) is 8.26. The molecule has 0 aliphatic heterocycles. The normalized spacial score (nSPS) is 16.9. The summed E-state index contributed by atoms with van der Waals surface area (Å²) in [5, 5.41) is 3.03. The Labute approximate surface area is 197 Å². The van der Waals surface area contributed by atoms with Crippen molar-refractivity contribution in [3.63, 3.8) is 0 Å². The van der Waals surface area contributed by atoms with Gasteiger partial charge in [0.15, 0.2) is 0 Å².